The highest BCUT2D eigenvalue weighted by Crippen LogP contribution is 2.33. The summed E-state index contributed by atoms with van der Waals surface area (Å²) in [6, 6.07) is 8.45. The first kappa shape index (κ1) is 14.8. The Kier molecular flexibility index (Phi) is 5.26. The SMILES string of the molecule is CCC1CCCN(C(c2ccccc2Cl)C(C)N)C1. The van der Waals surface area contributed by atoms with Crippen LogP contribution in [0.4, 0.5) is 0 Å². The van der Waals surface area contributed by atoms with E-state index >= 15 is 0 Å². The first-order valence-electron chi connectivity index (χ1n) is 7.37. The highest BCUT2D eigenvalue weighted by Gasteiger charge is 2.29. The Morgan fingerprint density at radius 1 is 1.42 bits per heavy atom. The fraction of sp³-hybridized carbons (Fsp3) is 0.625. The van der Waals surface area contributed by atoms with Gasteiger partial charge in [-0.1, -0.05) is 43.1 Å². The van der Waals surface area contributed by atoms with Gasteiger partial charge in [0.25, 0.3) is 0 Å². The van der Waals surface area contributed by atoms with Gasteiger partial charge in [-0.25, -0.2) is 0 Å². The second kappa shape index (κ2) is 6.74. The third-order valence-electron chi connectivity index (χ3n) is 4.24. The van der Waals surface area contributed by atoms with Gasteiger partial charge in [-0.15, -0.1) is 0 Å². The van der Waals surface area contributed by atoms with E-state index in [4.69, 9.17) is 17.3 Å². The maximum atomic E-state index is 6.37. The smallest absolute Gasteiger partial charge is 0.0511 e. The van der Waals surface area contributed by atoms with E-state index < -0.39 is 0 Å². The summed E-state index contributed by atoms with van der Waals surface area (Å²) in [5, 5.41) is 0.837. The Morgan fingerprint density at radius 3 is 2.79 bits per heavy atom. The average molecular weight is 281 g/mol. The van der Waals surface area contributed by atoms with Gasteiger partial charge in [0.2, 0.25) is 0 Å². The lowest BCUT2D eigenvalue weighted by Gasteiger charge is -2.40. The van der Waals surface area contributed by atoms with Crippen LogP contribution in [0.1, 0.15) is 44.7 Å². The maximum absolute atomic E-state index is 6.37. The molecule has 0 saturated carbocycles. The van der Waals surface area contributed by atoms with E-state index in [0.717, 1.165) is 24.0 Å². The minimum atomic E-state index is 0.0931. The summed E-state index contributed by atoms with van der Waals surface area (Å²) in [5.74, 6) is 0.803. The van der Waals surface area contributed by atoms with Crippen LogP contribution in [0.15, 0.2) is 24.3 Å². The molecule has 2 N–H and O–H groups in total. The van der Waals surface area contributed by atoms with Crippen molar-refractivity contribution in [2.24, 2.45) is 11.7 Å². The van der Waals surface area contributed by atoms with Gasteiger partial charge in [0, 0.05) is 17.6 Å². The summed E-state index contributed by atoms with van der Waals surface area (Å²) >= 11 is 6.37. The van der Waals surface area contributed by atoms with Crippen molar-refractivity contribution in [2.75, 3.05) is 13.1 Å². The van der Waals surface area contributed by atoms with Crippen molar-refractivity contribution in [3.63, 3.8) is 0 Å². The predicted molar refractivity (Wildman–Crippen MR) is 82.4 cm³/mol. The van der Waals surface area contributed by atoms with E-state index in [-0.39, 0.29) is 12.1 Å². The molecule has 2 nitrogen and oxygen atoms in total. The lowest BCUT2D eigenvalue weighted by atomic mass is 9.91. The molecule has 0 spiro atoms. The third-order valence-corrected chi connectivity index (χ3v) is 4.59. The summed E-state index contributed by atoms with van der Waals surface area (Å²) in [6.07, 6.45) is 3.87. The van der Waals surface area contributed by atoms with E-state index in [9.17, 15) is 0 Å². The van der Waals surface area contributed by atoms with Gasteiger partial charge in [-0.3, -0.25) is 4.90 Å². The highest BCUT2D eigenvalue weighted by molar-refractivity contribution is 6.31. The minimum Gasteiger partial charge on any atom is -0.326 e. The van der Waals surface area contributed by atoms with Crippen LogP contribution < -0.4 is 5.73 Å². The molecule has 19 heavy (non-hydrogen) atoms. The van der Waals surface area contributed by atoms with Crippen molar-refractivity contribution in [3.8, 4) is 0 Å². The number of nitrogens with two attached hydrogens (primary N) is 1. The van der Waals surface area contributed by atoms with Crippen LogP contribution in [0.2, 0.25) is 5.02 Å². The fourth-order valence-corrected chi connectivity index (χ4v) is 3.46. The quantitative estimate of drug-likeness (QED) is 0.908. The first-order chi connectivity index (χ1) is 9.13. The maximum Gasteiger partial charge on any atom is 0.0511 e. The summed E-state index contributed by atoms with van der Waals surface area (Å²) in [5.41, 5.74) is 7.43. The number of hydrogen-bond donors (Lipinski definition) is 1. The van der Waals surface area contributed by atoms with E-state index in [1.165, 1.54) is 24.8 Å². The van der Waals surface area contributed by atoms with Crippen LogP contribution in [-0.2, 0) is 0 Å². The molecule has 106 valence electrons. The van der Waals surface area contributed by atoms with Crippen molar-refractivity contribution in [3.05, 3.63) is 34.9 Å². The minimum absolute atomic E-state index is 0.0931. The molecule has 1 aromatic carbocycles. The first-order valence-corrected chi connectivity index (χ1v) is 7.75. The van der Waals surface area contributed by atoms with Gasteiger partial charge in [-0.2, -0.15) is 0 Å². The van der Waals surface area contributed by atoms with Gasteiger partial charge >= 0.3 is 0 Å². The second-order valence-electron chi connectivity index (χ2n) is 5.74. The Labute approximate surface area is 121 Å². The molecule has 1 aliphatic heterocycles. The molecule has 1 heterocycles. The summed E-state index contributed by atoms with van der Waals surface area (Å²) in [6.45, 7) is 6.65. The number of hydrogen-bond acceptors (Lipinski definition) is 2. The van der Waals surface area contributed by atoms with Crippen molar-refractivity contribution in [1.29, 1.82) is 0 Å². The lowest BCUT2D eigenvalue weighted by molar-refractivity contribution is 0.108. The molecule has 0 bridgehead atoms. The third kappa shape index (κ3) is 3.50. The van der Waals surface area contributed by atoms with E-state index in [0.29, 0.717) is 0 Å². The molecule has 0 aromatic heterocycles. The zero-order chi connectivity index (χ0) is 13.8. The van der Waals surface area contributed by atoms with Crippen molar-refractivity contribution in [2.45, 2.75) is 45.2 Å². The van der Waals surface area contributed by atoms with Crippen LogP contribution in [0.5, 0.6) is 0 Å². The number of halogens is 1. The fourth-order valence-electron chi connectivity index (χ4n) is 3.21. The molecule has 1 aliphatic rings. The van der Waals surface area contributed by atoms with Crippen LogP contribution in [-0.4, -0.2) is 24.0 Å². The lowest BCUT2D eigenvalue weighted by Crippen LogP contribution is -2.44. The number of rotatable bonds is 4. The molecule has 3 unspecified atom stereocenters. The van der Waals surface area contributed by atoms with Crippen LogP contribution in [0.25, 0.3) is 0 Å². The molecular weight excluding hydrogens is 256 g/mol. The second-order valence-corrected chi connectivity index (χ2v) is 6.14. The molecule has 1 saturated heterocycles. The molecule has 0 radical (unpaired) electrons. The largest absolute Gasteiger partial charge is 0.326 e. The standard InChI is InChI=1S/C16H25ClN2/c1-3-13-7-6-10-19(11-13)16(12(2)18)14-8-4-5-9-15(14)17/h4-5,8-9,12-13,16H,3,6-7,10-11,18H2,1-2H3. The Hall–Kier alpha value is -0.570. The molecule has 1 aromatic rings. The highest BCUT2D eigenvalue weighted by atomic mass is 35.5. The number of nitrogens with zero attached hydrogens (tertiary/aromatic N) is 1. The summed E-state index contributed by atoms with van der Waals surface area (Å²) in [7, 11) is 0. The van der Waals surface area contributed by atoms with Crippen LogP contribution in [0.3, 0.4) is 0 Å². The van der Waals surface area contributed by atoms with Gasteiger partial charge in [-0.05, 0) is 43.9 Å². The molecule has 3 atom stereocenters. The summed E-state index contributed by atoms with van der Waals surface area (Å²) in [4.78, 5) is 2.53. The van der Waals surface area contributed by atoms with E-state index in [1.54, 1.807) is 0 Å². The molecular formula is C16H25ClN2. The molecule has 1 fully saturated rings. The number of likely N-dealkylation sites (tertiary alicyclic amines) is 1. The Bertz CT molecular complexity index is 405. The van der Waals surface area contributed by atoms with Crippen molar-refractivity contribution in [1.82, 2.24) is 4.90 Å². The van der Waals surface area contributed by atoms with Crippen molar-refractivity contribution < 1.29 is 0 Å². The van der Waals surface area contributed by atoms with Gasteiger partial charge in [0.05, 0.1) is 6.04 Å². The number of benzene rings is 1. The topological polar surface area (TPSA) is 29.3 Å². The molecule has 0 aliphatic carbocycles. The zero-order valence-corrected chi connectivity index (χ0v) is 12.7. The Balaban J connectivity index is 2.23. The van der Waals surface area contributed by atoms with Crippen LogP contribution >= 0.6 is 11.6 Å². The zero-order valence-electron chi connectivity index (χ0n) is 12.0. The van der Waals surface area contributed by atoms with Gasteiger partial charge in [0.15, 0.2) is 0 Å². The van der Waals surface area contributed by atoms with Crippen molar-refractivity contribution >= 4 is 11.6 Å². The van der Waals surface area contributed by atoms with Gasteiger partial charge < -0.3 is 5.73 Å². The van der Waals surface area contributed by atoms with E-state index in [2.05, 4.69) is 30.9 Å². The molecule has 3 heteroatoms. The monoisotopic (exact) mass is 280 g/mol. The number of piperidine rings is 1. The summed E-state index contributed by atoms with van der Waals surface area (Å²) < 4.78 is 0. The normalized spacial score (nSPS) is 24.1. The van der Waals surface area contributed by atoms with E-state index in [1.807, 2.05) is 12.1 Å². The predicted octanol–water partition coefficient (Wildman–Crippen LogP) is 3.85. The average Bonchev–Trinajstić information content (AvgIpc) is 2.41. The molecule has 0 amide bonds. The van der Waals surface area contributed by atoms with Gasteiger partial charge in [0.1, 0.15) is 0 Å². The van der Waals surface area contributed by atoms with Crippen LogP contribution in [0, 0.1) is 5.92 Å². The Morgan fingerprint density at radius 2 is 2.16 bits per heavy atom. The molecule has 2 rings (SSSR count).